The third-order valence-corrected chi connectivity index (χ3v) is 10.5. The van der Waals surface area contributed by atoms with E-state index in [0.29, 0.717) is 11.5 Å². The topological polar surface area (TPSA) is 26.0 Å². The summed E-state index contributed by atoms with van der Waals surface area (Å²) in [6.45, 7) is 11.8. The SMILES string of the molecule is CCCCCCCCCC(N)C(CCCCCCCC)(CCCCCCCC)C(CCCC)CCCCCCCC. The van der Waals surface area contributed by atoms with Crippen LogP contribution in [-0.4, -0.2) is 6.04 Å². The van der Waals surface area contributed by atoms with E-state index >= 15 is 0 Å². The van der Waals surface area contributed by atoms with E-state index in [2.05, 4.69) is 34.6 Å². The van der Waals surface area contributed by atoms with E-state index in [1.807, 2.05) is 0 Å². The zero-order valence-corrected chi connectivity index (χ0v) is 29.9. The molecule has 2 N–H and O–H groups in total. The van der Waals surface area contributed by atoms with Crippen molar-refractivity contribution in [2.45, 2.75) is 246 Å². The van der Waals surface area contributed by atoms with Crippen LogP contribution >= 0.6 is 0 Å². The van der Waals surface area contributed by atoms with Gasteiger partial charge in [-0.1, -0.05) is 208 Å². The van der Waals surface area contributed by atoms with Crippen LogP contribution in [0.3, 0.4) is 0 Å². The second kappa shape index (κ2) is 31.4. The van der Waals surface area contributed by atoms with Crippen LogP contribution in [0.4, 0.5) is 0 Å². The maximum atomic E-state index is 7.48. The van der Waals surface area contributed by atoms with Crippen LogP contribution in [0.2, 0.25) is 0 Å². The molecule has 0 fully saturated rings. The standard InChI is InChI=1S/C40H83N/c1-6-11-16-20-24-26-30-35-39(41)40(36-31-27-22-18-13-8-3,37-32-28-23-19-14-9-4)38(33-15-10-5)34-29-25-21-17-12-7-2/h38-39H,6-37,41H2,1-5H3. The van der Waals surface area contributed by atoms with Crippen LogP contribution in [0.5, 0.6) is 0 Å². The molecule has 0 rings (SSSR count). The lowest BCUT2D eigenvalue weighted by Gasteiger charge is -2.47. The Morgan fingerprint density at radius 1 is 0.341 bits per heavy atom. The Morgan fingerprint density at radius 2 is 0.634 bits per heavy atom. The minimum Gasteiger partial charge on any atom is -0.327 e. The highest BCUT2D eigenvalue weighted by Crippen LogP contribution is 2.47. The number of hydrogen-bond acceptors (Lipinski definition) is 1. The molecule has 248 valence electrons. The minimum atomic E-state index is 0.385. The van der Waals surface area contributed by atoms with Gasteiger partial charge in [-0.25, -0.2) is 0 Å². The van der Waals surface area contributed by atoms with Crippen molar-refractivity contribution < 1.29 is 0 Å². The van der Waals surface area contributed by atoms with Crippen molar-refractivity contribution in [1.82, 2.24) is 0 Å². The molecule has 0 heterocycles. The van der Waals surface area contributed by atoms with Crippen molar-refractivity contribution in [3.63, 3.8) is 0 Å². The molecule has 0 bridgehead atoms. The molecule has 0 saturated carbocycles. The molecule has 0 aliphatic heterocycles. The van der Waals surface area contributed by atoms with Crippen molar-refractivity contribution in [2.24, 2.45) is 17.1 Å². The van der Waals surface area contributed by atoms with Gasteiger partial charge >= 0.3 is 0 Å². The van der Waals surface area contributed by atoms with E-state index < -0.39 is 0 Å². The second-order valence-electron chi connectivity index (χ2n) is 14.2. The Morgan fingerprint density at radius 3 is 1.02 bits per heavy atom. The van der Waals surface area contributed by atoms with E-state index in [0.717, 1.165) is 5.92 Å². The summed E-state index contributed by atoms with van der Waals surface area (Å²) in [5.74, 6) is 0.847. The smallest absolute Gasteiger partial charge is 0.00982 e. The van der Waals surface area contributed by atoms with Crippen LogP contribution < -0.4 is 5.73 Å². The first-order chi connectivity index (χ1) is 20.1. The van der Waals surface area contributed by atoms with E-state index in [1.54, 1.807) is 0 Å². The Labute approximate surface area is 262 Å². The van der Waals surface area contributed by atoms with Crippen molar-refractivity contribution in [3.8, 4) is 0 Å². The summed E-state index contributed by atoms with van der Waals surface area (Å²) in [4.78, 5) is 0. The minimum absolute atomic E-state index is 0.385. The van der Waals surface area contributed by atoms with Crippen LogP contribution in [0.15, 0.2) is 0 Å². The van der Waals surface area contributed by atoms with Gasteiger partial charge in [-0.2, -0.15) is 0 Å². The second-order valence-corrected chi connectivity index (χ2v) is 14.2. The molecule has 1 heteroatoms. The largest absolute Gasteiger partial charge is 0.327 e. The highest BCUT2D eigenvalue weighted by Gasteiger charge is 2.41. The van der Waals surface area contributed by atoms with Gasteiger partial charge in [0.1, 0.15) is 0 Å². The summed E-state index contributed by atoms with van der Waals surface area (Å²) in [5.41, 5.74) is 7.87. The number of unbranched alkanes of at least 4 members (excludes halogenated alkanes) is 22. The first-order valence-electron chi connectivity index (χ1n) is 19.9. The summed E-state index contributed by atoms with van der Waals surface area (Å²) in [6, 6.07) is 0.409. The van der Waals surface area contributed by atoms with Gasteiger partial charge in [-0.05, 0) is 43.4 Å². The highest BCUT2D eigenvalue weighted by atomic mass is 14.7. The third kappa shape index (κ3) is 22.2. The van der Waals surface area contributed by atoms with Crippen molar-refractivity contribution in [2.75, 3.05) is 0 Å². The lowest BCUT2D eigenvalue weighted by molar-refractivity contribution is 0.0598. The Balaban J connectivity index is 5.62. The zero-order valence-electron chi connectivity index (χ0n) is 29.9. The summed E-state index contributed by atoms with van der Waals surface area (Å²) >= 11 is 0. The maximum absolute atomic E-state index is 7.48. The van der Waals surface area contributed by atoms with E-state index in [1.165, 1.54) is 205 Å². The fraction of sp³-hybridized carbons (Fsp3) is 1.00. The monoisotopic (exact) mass is 578 g/mol. The van der Waals surface area contributed by atoms with Gasteiger partial charge < -0.3 is 5.73 Å². The van der Waals surface area contributed by atoms with Crippen molar-refractivity contribution >= 4 is 0 Å². The number of hydrogen-bond donors (Lipinski definition) is 1. The zero-order chi connectivity index (χ0) is 30.3. The summed E-state index contributed by atoms with van der Waals surface area (Å²) < 4.78 is 0. The van der Waals surface area contributed by atoms with E-state index in [-0.39, 0.29) is 0 Å². The molecule has 0 aromatic rings. The molecule has 0 radical (unpaired) electrons. The molecule has 2 atom stereocenters. The van der Waals surface area contributed by atoms with E-state index in [4.69, 9.17) is 5.73 Å². The van der Waals surface area contributed by atoms with Gasteiger partial charge in [0.25, 0.3) is 0 Å². The molecule has 2 unspecified atom stereocenters. The normalized spacial score (nSPS) is 13.6. The fourth-order valence-electron chi connectivity index (χ4n) is 7.63. The van der Waals surface area contributed by atoms with Crippen LogP contribution in [0.25, 0.3) is 0 Å². The number of nitrogens with two attached hydrogens (primary N) is 1. The lowest BCUT2D eigenvalue weighted by atomic mass is 9.60. The van der Waals surface area contributed by atoms with Crippen LogP contribution in [-0.2, 0) is 0 Å². The predicted molar refractivity (Wildman–Crippen MR) is 190 cm³/mol. The molecule has 41 heavy (non-hydrogen) atoms. The van der Waals surface area contributed by atoms with Gasteiger partial charge in [-0.15, -0.1) is 0 Å². The molecular weight excluding hydrogens is 494 g/mol. The molecule has 0 aromatic carbocycles. The summed E-state index contributed by atoms with van der Waals surface area (Å²) in [6.07, 6.45) is 45.0. The molecule has 0 aliphatic carbocycles. The molecule has 0 aliphatic rings. The molecule has 0 amide bonds. The van der Waals surface area contributed by atoms with Gasteiger partial charge in [0, 0.05) is 6.04 Å². The first kappa shape index (κ1) is 41.0. The Hall–Kier alpha value is -0.0400. The Kier molecular flexibility index (Phi) is 31.4. The average molecular weight is 578 g/mol. The maximum Gasteiger partial charge on any atom is 0.00982 e. The highest BCUT2D eigenvalue weighted by molar-refractivity contribution is 4.95. The van der Waals surface area contributed by atoms with Gasteiger partial charge in [0.2, 0.25) is 0 Å². The van der Waals surface area contributed by atoms with Crippen LogP contribution in [0.1, 0.15) is 240 Å². The molecule has 0 aromatic heterocycles. The van der Waals surface area contributed by atoms with Gasteiger partial charge in [0.15, 0.2) is 0 Å². The molecule has 0 saturated heterocycles. The molecular formula is C40H83N. The lowest BCUT2D eigenvalue weighted by Crippen LogP contribution is -2.47. The number of rotatable bonds is 34. The predicted octanol–water partition coefficient (Wildman–Crippen LogP) is 14.5. The fourth-order valence-corrected chi connectivity index (χ4v) is 7.63. The van der Waals surface area contributed by atoms with Crippen molar-refractivity contribution in [3.05, 3.63) is 0 Å². The van der Waals surface area contributed by atoms with Crippen LogP contribution in [0, 0.1) is 11.3 Å². The van der Waals surface area contributed by atoms with Gasteiger partial charge in [-0.3, -0.25) is 0 Å². The molecule has 0 spiro atoms. The average Bonchev–Trinajstić information content (AvgIpc) is 2.98. The van der Waals surface area contributed by atoms with E-state index in [9.17, 15) is 0 Å². The summed E-state index contributed by atoms with van der Waals surface area (Å²) in [7, 11) is 0. The summed E-state index contributed by atoms with van der Waals surface area (Å²) in [5, 5.41) is 0. The quantitative estimate of drug-likeness (QED) is 0.0756. The van der Waals surface area contributed by atoms with Crippen molar-refractivity contribution in [1.29, 1.82) is 0 Å². The Bertz CT molecular complexity index is 469. The van der Waals surface area contributed by atoms with Gasteiger partial charge in [0.05, 0.1) is 0 Å². The third-order valence-electron chi connectivity index (χ3n) is 10.5. The first-order valence-corrected chi connectivity index (χ1v) is 19.9. The molecule has 1 nitrogen and oxygen atoms in total.